The minimum atomic E-state index is -0.821. The van der Waals surface area contributed by atoms with Crippen molar-refractivity contribution in [1.82, 2.24) is 0 Å². The Morgan fingerprint density at radius 3 is 2.38 bits per heavy atom. The molecule has 0 spiro atoms. The van der Waals surface area contributed by atoms with Gasteiger partial charge in [-0.3, -0.25) is 25.0 Å². The van der Waals surface area contributed by atoms with E-state index in [2.05, 4.69) is 10.3 Å². The van der Waals surface area contributed by atoms with Crippen molar-refractivity contribution in [3.05, 3.63) is 79.5 Å². The summed E-state index contributed by atoms with van der Waals surface area (Å²) in [5.41, 5.74) is -0.210. The molecule has 0 aromatic heterocycles. The largest absolute Gasteiger partial charge is 0.402 e. The molecule has 1 N–H and O–H groups in total. The number of nitro groups is 2. The summed E-state index contributed by atoms with van der Waals surface area (Å²) in [6.45, 7) is 1.37. The molecule has 1 aliphatic rings. The number of nitrogens with one attached hydrogen (secondary N) is 1. The molecule has 0 bridgehead atoms. The van der Waals surface area contributed by atoms with E-state index in [-0.39, 0.29) is 23.1 Å². The van der Waals surface area contributed by atoms with Gasteiger partial charge in [-0.15, -0.1) is 0 Å². The number of aliphatic imine (C=N–C) groups is 1. The third-order valence-corrected chi connectivity index (χ3v) is 3.79. The van der Waals surface area contributed by atoms with Crippen LogP contribution < -0.4 is 5.32 Å². The Morgan fingerprint density at radius 2 is 1.79 bits per heavy atom. The van der Waals surface area contributed by atoms with Gasteiger partial charge in [-0.25, -0.2) is 9.79 Å². The van der Waals surface area contributed by atoms with Gasteiger partial charge in [0.1, 0.15) is 0 Å². The molecular weight excluding hydrogens is 384 g/mol. The van der Waals surface area contributed by atoms with Crippen molar-refractivity contribution >= 4 is 40.9 Å². The van der Waals surface area contributed by atoms with Crippen LogP contribution in [0, 0.1) is 20.2 Å². The number of ether oxygens (including phenoxy) is 1. The second kappa shape index (κ2) is 7.68. The van der Waals surface area contributed by atoms with Crippen molar-refractivity contribution in [3.8, 4) is 0 Å². The first-order valence-electron chi connectivity index (χ1n) is 8.08. The lowest BCUT2D eigenvalue weighted by atomic mass is 10.1. The van der Waals surface area contributed by atoms with Gasteiger partial charge in [0.2, 0.25) is 11.8 Å². The molecule has 1 amide bonds. The Hall–Kier alpha value is -4.41. The highest BCUT2D eigenvalue weighted by molar-refractivity contribution is 6.13. The van der Waals surface area contributed by atoms with E-state index in [9.17, 15) is 29.8 Å². The molecule has 1 heterocycles. The molecular formula is C18H12N4O7. The average molecular weight is 396 g/mol. The first-order valence-corrected chi connectivity index (χ1v) is 8.08. The van der Waals surface area contributed by atoms with Crippen LogP contribution in [-0.2, 0) is 14.3 Å². The lowest BCUT2D eigenvalue weighted by molar-refractivity contribution is -0.394. The molecule has 0 saturated carbocycles. The summed E-state index contributed by atoms with van der Waals surface area (Å²) in [6, 6.07) is 9.39. The molecule has 11 nitrogen and oxygen atoms in total. The van der Waals surface area contributed by atoms with Crippen LogP contribution in [0.2, 0.25) is 0 Å². The predicted molar refractivity (Wildman–Crippen MR) is 101 cm³/mol. The Kier molecular flexibility index (Phi) is 5.13. The van der Waals surface area contributed by atoms with E-state index in [1.165, 1.54) is 6.92 Å². The zero-order valence-corrected chi connectivity index (χ0v) is 14.8. The molecule has 2 aromatic rings. The average Bonchev–Trinajstić information content (AvgIpc) is 3.02. The van der Waals surface area contributed by atoms with Gasteiger partial charge in [-0.05, 0) is 36.4 Å². The standard InChI is InChI=1S/C18H12N4O7/c1-10(23)19-13-5-2-11(3-6-13)17-20-15(18(24)29-17)8-12-4-7-14(21(25)26)9-16(12)22(27)28/h2-9H,1H3,(H,19,23)/b15-8-. The third-order valence-electron chi connectivity index (χ3n) is 3.79. The molecule has 2 aromatic carbocycles. The summed E-state index contributed by atoms with van der Waals surface area (Å²) < 4.78 is 5.09. The number of carbonyl (C=O) groups excluding carboxylic acids is 2. The first kappa shape index (κ1) is 19.4. The summed E-state index contributed by atoms with van der Waals surface area (Å²) in [6.07, 6.45) is 1.13. The van der Waals surface area contributed by atoms with E-state index in [1.807, 2.05) is 0 Å². The van der Waals surface area contributed by atoms with Gasteiger partial charge >= 0.3 is 5.97 Å². The molecule has 29 heavy (non-hydrogen) atoms. The Morgan fingerprint density at radius 1 is 1.10 bits per heavy atom. The van der Waals surface area contributed by atoms with Crippen molar-refractivity contribution < 1.29 is 24.2 Å². The maximum Gasteiger partial charge on any atom is 0.363 e. The van der Waals surface area contributed by atoms with Crippen molar-refractivity contribution in [1.29, 1.82) is 0 Å². The number of cyclic esters (lactones) is 1. The highest BCUT2D eigenvalue weighted by atomic mass is 16.6. The Labute approximate surface area is 162 Å². The maximum absolute atomic E-state index is 12.1. The van der Waals surface area contributed by atoms with E-state index in [1.54, 1.807) is 24.3 Å². The fourth-order valence-electron chi connectivity index (χ4n) is 2.51. The number of rotatable bonds is 5. The van der Waals surface area contributed by atoms with Gasteiger partial charge in [0.25, 0.3) is 11.4 Å². The van der Waals surface area contributed by atoms with Crippen LogP contribution in [0.4, 0.5) is 17.1 Å². The summed E-state index contributed by atoms with van der Waals surface area (Å²) in [4.78, 5) is 47.7. The number of anilines is 1. The number of nitrogens with zero attached hydrogens (tertiary/aromatic N) is 3. The minimum absolute atomic E-state index is 0.0137. The topological polar surface area (TPSA) is 154 Å². The summed E-state index contributed by atoms with van der Waals surface area (Å²) in [5, 5.41) is 24.6. The highest BCUT2D eigenvalue weighted by Crippen LogP contribution is 2.28. The molecule has 3 rings (SSSR count). The van der Waals surface area contributed by atoms with Crippen LogP contribution in [0.3, 0.4) is 0 Å². The van der Waals surface area contributed by atoms with E-state index in [4.69, 9.17) is 4.74 Å². The van der Waals surface area contributed by atoms with Crippen LogP contribution >= 0.6 is 0 Å². The lowest BCUT2D eigenvalue weighted by Gasteiger charge is -2.03. The Bertz CT molecular complexity index is 1100. The van der Waals surface area contributed by atoms with Crippen LogP contribution in [0.1, 0.15) is 18.1 Å². The zero-order chi connectivity index (χ0) is 21.1. The molecule has 1 aliphatic heterocycles. The maximum atomic E-state index is 12.1. The van der Waals surface area contributed by atoms with Gasteiger partial charge in [0.15, 0.2) is 5.70 Å². The number of esters is 1. The van der Waals surface area contributed by atoms with E-state index in [0.717, 1.165) is 24.3 Å². The van der Waals surface area contributed by atoms with Gasteiger partial charge in [-0.1, -0.05) is 0 Å². The number of benzene rings is 2. The number of amides is 1. The molecule has 0 saturated heterocycles. The zero-order valence-electron chi connectivity index (χ0n) is 14.8. The molecule has 0 fully saturated rings. The van der Waals surface area contributed by atoms with Crippen molar-refractivity contribution in [3.63, 3.8) is 0 Å². The van der Waals surface area contributed by atoms with E-state index < -0.39 is 27.2 Å². The minimum Gasteiger partial charge on any atom is -0.402 e. The number of hydrogen-bond acceptors (Lipinski definition) is 8. The molecule has 0 unspecified atom stereocenters. The fraction of sp³-hybridized carbons (Fsp3) is 0.0556. The fourth-order valence-corrected chi connectivity index (χ4v) is 2.51. The smallest absolute Gasteiger partial charge is 0.363 e. The number of carbonyl (C=O) groups is 2. The summed E-state index contributed by atoms with van der Waals surface area (Å²) in [7, 11) is 0. The van der Waals surface area contributed by atoms with Crippen molar-refractivity contribution in [2.75, 3.05) is 5.32 Å². The van der Waals surface area contributed by atoms with Gasteiger partial charge in [0, 0.05) is 24.2 Å². The monoisotopic (exact) mass is 396 g/mol. The van der Waals surface area contributed by atoms with Crippen LogP contribution in [-0.4, -0.2) is 27.6 Å². The van der Waals surface area contributed by atoms with E-state index >= 15 is 0 Å². The van der Waals surface area contributed by atoms with Crippen molar-refractivity contribution in [2.24, 2.45) is 4.99 Å². The van der Waals surface area contributed by atoms with Crippen LogP contribution in [0.25, 0.3) is 6.08 Å². The first-order chi connectivity index (χ1) is 13.7. The quantitative estimate of drug-likeness (QED) is 0.353. The number of non-ortho nitro benzene ring substituents is 1. The SMILES string of the molecule is CC(=O)Nc1ccc(C2=N/C(=C\c3ccc([N+](=O)[O-])cc3[N+](=O)[O-])C(=O)O2)cc1. The van der Waals surface area contributed by atoms with Gasteiger partial charge < -0.3 is 10.1 Å². The molecule has 0 atom stereocenters. The van der Waals surface area contributed by atoms with Gasteiger partial charge in [-0.2, -0.15) is 0 Å². The normalized spacial score (nSPS) is 14.3. The second-order valence-electron chi connectivity index (χ2n) is 5.85. The lowest BCUT2D eigenvalue weighted by Crippen LogP contribution is -2.07. The predicted octanol–water partition coefficient (Wildman–Crippen LogP) is 2.81. The molecule has 0 aliphatic carbocycles. The third kappa shape index (κ3) is 4.30. The molecule has 0 radical (unpaired) electrons. The summed E-state index contributed by atoms with van der Waals surface area (Å²) in [5.74, 6) is -1.07. The van der Waals surface area contributed by atoms with Crippen LogP contribution in [0.15, 0.2) is 53.2 Å². The van der Waals surface area contributed by atoms with Crippen LogP contribution in [0.5, 0.6) is 0 Å². The van der Waals surface area contributed by atoms with Gasteiger partial charge in [0.05, 0.1) is 21.5 Å². The van der Waals surface area contributed by atoms with E-state index in [0.29, 0.717) is 11.3 Å². The number of hydrogen-bond donors (Lipinski definition) is 1. The Balaban J connectivity index is 1.93. The molecule has 146 valence electrons. The summed E-state index contributed by atoms with van der Waals surface area (Å²) >= 11 is 0. The number of nitro benzene ring substituents is 2. The molecule has 11 heteroatoms. The highest BCUT2D eigenvalue weighted by Gasteiger charge is 2.26. The second-order valence-corrected chi connectivity index (χ2v) is 5.85. The van der Waals surface area contributed by atoms with Crippen molar-refractivity contribution in [2.45, 2.75) is 6.92 Å².